The van der Waals surface area contributed by atoms with Gasteiger partial charge in [-0.15, -0.1) is 0 Å². The fourth-order valence-corrected chi connectivity index (χ4v) is 2.37. The molecule has 6 heteroatoms. The third kappa shape index (κ3) is 3.44. The lowest BCUT2D eigenvalue weighted by Gasteiger charge is -2.09. The second-order valence-corrected chi connectivity index (χ2v) is 5.04. The van der Waals surface area contributed by atoms with Crippen LogP contribution >= 0.6 is 0 Å². The van der Waals surface area contributed by atoms with Gasteiger partial charge in [0.05, 0.1) is 17.8 Å². The molecule has 2 rings (SSSR count). The summed E-state index contributed by atoms with van der Waals surface area (Å²) in [4.78, 5) is 0. The number of rotatable bonds is 4. The molecule has 1 aromatic carbocycles. The van der Waals surface area contributed by atoms with E-state index in [9.17, 15) is 13.2 Å². The maximum absolute atomic E-state index is 12.5. The highest BCUT2D eigenvalue weighted by molar-refractivity contribution is 5.28. The van der Waals surface area contributed by atoms with E-state index >= 15 is 0 Å². The van der Waals surface area contributed by atoms with Crippen LogP contribution in [0.4, 0.5) is 13.2 Å². The van der Waals surface area contributed by atoms with Crippen LogP contribution in [0.15, 0.2) is 24.3 Å². The molecule has 0 fully saturated rings. The number of nitrogens with two attached hydrogens (primary N) is 1. The van der Waals surface area contributed by atoms with E-state index in [1.807, 2.05) is 18.5 Å². The first kappa shape index (κ1) is 15.6. The van der Waals surface area contributed by atoms with Crippen molar-refractivity contribution in [2.75, 3.05) is 6.54 Å². The predicted molar refractivity (Wildman–Crippen MR) is 75.0 cm³/mol. The largest absolute Gasteiger partial charge is 0.416 e. The Balaban J connectivity index is 2.21. The minimum atomic E-state index is -4.30. The summed E-state index contributed by atoms with van der Waals surface area (Å²) >= 11 is 0. The van der Waals surface area contributed by atoms with Crippen LogP contribution in [-0.2, 0) is 19.1 Å². The van der Waals surface area contributed by atoms with Gasteiger partial charge in [0.25, 0.3) is 0 Å². The van der Waals surface area contributed by atoms with Crippen LogP contribution in [0.2, 0.25) is 0 Å². The number of alkyl halides is 3. The van der Waals surface area contributed by atoms with Crippen molar-refractivity contribution in [2.45, 2.75) is 33.0 Å². The van der Waals surface area contributed by atoms with Crippen molar-refractivity contribution in [2.24, 2.45) is 5.73 Å². The third-order valence-corrected chi connectivity index (χ3v) is 3.54. The van der Waals surface area contributed by atoms with Gasteiger partial charge in [-0.25, -0.2) is 0 Å². The number of benzene rings is 1. The molecule has 0 bridgehead atoms. The zero-order chi connectivity index (χ0) is 15.6. The molecule has 0 atom stereocenters. The molecule has 2 aromatic rings. The van der Waals surface area contributed by atoms with E-state index in [4.69, 9.17) is 5.73 Å². The highest BCUT2D eigenvalue weighted by Gasteiger charge is 2.29. The summed E-state index contributed by atoms with van der Waals surface area (Å²) < 4.78 is 39.4. The van der Waals surface area contributed by atoms with Crippen LogP contribution in [0.25, 0.3) is 0 Å². The van der Waals surface area contributed by atoms with Gasteiger partial charge < -0.3 is 5.73 Å². The molecule has 0 unspecified atom stereocenters. The summed E-state index contributed by atoms with van der Waals surface area (Å²) in [6, 6.07) is 5.17. The minimum absolute atomic E-state index is 0.454. The Labute approximate surface area is 121 Å². The number of hydrogen-bond acceptors (Lipinski definition) is 2. The Morgan fingerprint density at radius 3 is 2.29 bits per heavy atom. The fourth-order valence-electron chi connectivity index (χ4n) is 2.37. The monoisotopic (exact) mass is 297 g/mol. The number of aromatic nitrogens is 2. The van der Waals surface area contributed by atoms with E-state index in [0.29, 0.717) is 13.1 Å². The second kappa shape index (κ2) is 5.89. The highest BCUT2D eigenvalue weighted by Crippen LogP contribution is 2.29. The van der Waals surface area contributed by atoms with E-state index in [-0.39, 0.29) is 0 Å². The van der Waals surface area contributed by atoms with Gasteiger partial charge in [0.2, 0.25) is 0 Å². The summed E-state index contributed by atoms with van der Waals surface area (Å²) in [7, 11) is 0. The summed E-state index contributed by atoms with van der Waals surface area (Å²) in [5.41, 5.74) is 8.77. The topological polar surface area (TPSA) is 43.8 Å². The van der Waals surface area contributed by atoms with Crippen molar-refractivity contribution in [3.63, 3.8) is 0 Å². The molecule has 0 spiro atoms. The first-order valence-electron chi connectivity index (χ1n) is 6.72. The molecule has 0 aliphatic heterocycles. The van der Waals surface area contributed by atoms with Gasteiger partial charge in [-0.05, 0) is 50.1 Å². The molecule has 0 radical (unpaired) electrons. The number of hydrogen-bond donors (Lipinski definition) is 1. The van der Waals surface area contributed by atoms with Crippen molar-refractivity contribution >= 4 is 0 Å². The molecule has 0 aliphatic rings. The Hall–Kier alpha value is -1.82. The lowest BCUT2D eigenvalue weighted by atomic mass is 10.1. The van der Waals surface area contributed by atoms with E-state index in [1.165, 1.54) is 12.1 Å². The van der Waals surface area contributed by atoms with Gasteiger partial charge in [0, 0.05) is 5.69 Å². The summed E-state index contributed by atoms with van der Waals surface area (Å²) in [5, 5.41) is 4.43. The molecule has 0 saturated heterocycles. The summed E-state index contributed by atoms with van der Waals surface area (Å²) in [6.07, 6.45) is -3.55. The lowest BCUT2D eigenvalue weighted by molar-refractivity contribution is -0.137. The molecule has 2 N–H and O–H groups in total. The average molecular weight is 297 g/mol. The van der Waals surface area contributed by atoms with Crippen LogP contribution < -0.4 is 5.73 Å². The molecule has 0 amide bonds. The van der Waals surface area contributed by atoms with Gasteiger partial charge >= 0.3 is 6.18 Å². The molecular weight excluding hydrogens is 279 g/mol. The standard InChI is InChI=1S/C15H18F3N3/c1-10-14(7-8-19)11(2)21(20-10)9-12-3-5-13(6-4-12)15(16,17)18/h3-6H,7-9,19H2,1-2H3. The maximum Gasteiger partial charge on any atom is 0.416 e. The van der Waals surface area contributed by atoms with Crippen LogP contribution in [0, 0.1) is 13.8 Å². The van der Waals surface area contributed by atoms with Crippen molar-refractivity contribution in [3.05, 3.63) is 52.3 Å². The van der Waals surface area contributed by atoms with Crippen molar-refractivity contribution in [1.82, 2.24) is 9.78 Å². The summed E-state index contributed by atoms with van der Waals surface area (Å²) in [5.74, 6) is 0. The van der Waals surface area contributed by atoms with Gasteiger partial charge in [0.1, 0.15) is 0 Å². The molecule has 1 aromatic heterocycles. The number of halogens is 3. The molecule has 114 valence electrons. The number of nitrogens with zero attached hydrogens (tertiary/aromatic N) is 2. The molecule has 0 aliphatic carbocycles. The molecule has 0 saturated carbocycles. The Morgan fingerprint density at radius 2 is 1.76 bits per heavy atom. The van der Waals surface area contributed by atoms with Crippen LogP contribution in [0.5, 0.6) is 0 Å². The lowest BCUT2D eigenvalue weighted by Crippen LogP contribution is -2.08. The Kier molecular flexibility index (Phi) is 4.37. The van der Waals surface area contributed by atoms with E-state index in [1.54, 1.807) is 0 Å². The Morgan fingerprint density at radius 1 is 1.14 bits per heavy atom. The molecular formula is C15H18F3N3. The average Bonchev–Trinajstić information content (AvgIpc) is 2.66. The summed E-state index contributed by atoms with van der Waals surface area (Å²) in [6.45, 7) is 4.87. The molecule has 21 heavy (non-hydrogen) atoms. The Bertz CT molecular complexity index is 612. The van der Waals surface area contributed by atoms with Crippen molar-refractivity contribution in [1.29, 1.82) is 0 Å². The molecule has 3 nitrogen and oxygen atoms in total. The van der Waals surface area contributed by atoms with E-state index in [0.717, 1.165) is 41.1 Å². The highest BCUT2D eigenvalue weighted by atomic mass is 19.4. The minimum Gasteiger partial charge on any atom is -0.330 e. The SMILES string of the molecule is Cc1nn(Cc2ccc(C(F)(F)F)cc2)c(C)c1CCN. The normalized spacial score (nSPS) is 11.9. The van der Waals surface area contributed by atoms with Gasteiger partial charge in [-0.1, -0.05) is 12.1 Å². The van der Waals surface area contributed by atoms with E-state index in [2.05, 4.69) is 5.10 Å². The predicted octanol–water partition coefficient (Wildman–Crippen LogP) is 3.07. The first-order valence-corrected chi connectivity index (χ1v) is 6.72. The third-order valence-electron chi connectivity index (χ3n) is 3.54. The smallest absolute Gasteiger partial charge is 0.330 e. The molecule has 1 heterocycles. The van der Waals surface area contributed by atoms with E-state index < -0.39 is 11.7 Å². The van der Waals surface area contributed by atoms with Crippen LogP contribution in [0.3, 0.4) is 0 Å². The maximum atomic E-state index is 12.5. The fraction of sp³-hybridized carbons (Fsp3) is 0.400. The van der Waals surface area contributed by atoms with Crippen LogP contribution in [0.1, 0.15) is 28.1 Å². The quantitative estimate of drug-likeness (QED) is 0.942. The zero-order valence-corrected chi connectivity index (χ0v) is 12.0. The van der Waals surface area contributed by atoms with Gasteiger partial charge in [-0.3, -0.25) is 4.68 Å². The zero-order valence-electron chi connectivity index (χ0n) is 12.0. The van der Waals surface area contributed by atoms with Gasteiger partial charge in [-0.2, -0.15) is 18.3 Å². The van der Waals surface area contributed by atoms with Crippen molar-refractivity contribution in [3.8, 4) is 0 Å². The second-order valence-electron chi connectivity index (χ2n) is 5.04. The van der Waals surface area contributed by atoms with Crippen molar-refractivity contribution < 1.29 is 13.2 Å². The number of aryl methyl sites for hydroxylation is 1. The van der Waals surface area contributed by atoms with Gasteiger partial charge in [0.15, 0.2) is 0 Å². The first-order chi connectivity index (χ1) is 9.82. The van der Waals surface area contributed by atoms with Crippen LogP contribution in [-0.4, -0.2) is 16.3 Å².